The van der Waals surface area contributed by atoms with E-state index in [0.717, 1.165) is 32.1 Å². The zero-order valence-corrected chi connectivity index (χ0v) is 13.2. The van der Waals surface area contributed by atoms with E-state index in [0.29, 0.717) is 23.3 Å². The fraction of sp³-hybridized carbons (Fsp3) is 0.643. The number of carbonyl (C=O) groups is 1. The van der Waals surface area contributed by atoms with Crippen LogP contribution in [0.15, 0.2) is 12.4 Å². The summed E-state index contributed by atoms with van der Waals surface area (Å²) in [5.41, 5.74) is 0. The number of hydrogen-bond acceptors (Lipinski definition) is 4. The lowest BCUT2D eigenvalue weighted by atomic mass is 9.93. The van der Waals surface area contributed by atoms with Gasteiger partial charge in [0.1, 0.15) is 6.10 Å². The Balaban J connectivity index is 1.70. The van der Waals surface area contributed by atoms with E-state index in [2.05, 4.69) is 15.3 Å². The Hall–Kier alpha value is -1.07. The maximum absolute atomic E-state index is 11.6. The summed E-state index contributed by atoms with van der Waals surface area (Å²) in [5.74, 6) is 0.607. The molecule has 0 unspecified atom stereocenters. The average Bonchev–Trinajstić information content (AvgIpc) is 2.49. The highest BCUT2D eigenvalue weighted by molar-refractivity contribution is 6.30. The quantitative estimate of drug-likeness (QED) is 0.814. The predicted octanol–water partition coefficient (Wildman–Crippen LogP) is 2.96. The van der Waals surface area contributed by atoms with Gasteiger partial charge in [0, 0.05) is 18.3 Å². The maximum Gasteiger partial charge on any atom is 0.316 e. The van der Waals surface area contributed by atoms with Crippen LogP contribution >= 0.6 is 23.2 Å². The van der Waals surface area contributed by atoms with E-state index in [1.165, 1.54) is 12.4 Å². The van der Waals surface area contributed by atoms with Crippen LogP contribution in [0.25, 0.3) is 0 Å². The summed E-state index contributed by atoms with van der Waals surface area (Å²) in [5, 5.41) is 3.54. The number of halogens is 2. The van der Waals surface area contributed by atoms with Gasteiger partial charge in [-0.15, -0.1) is 11.6 Å². The van der Waals surface area contributed by atoms with E-state index >= 15 is 0 Å². The summed E-state index contributed by atoms with van der Waals surface area (Å²) < 4.78 is 5.72. The Morgan fingerprint density at radius 2 is 1.95 bits per heavy atom. The lowest BCUT2D eigenvalue weighted by Crippen LogP contribution is -2.39. The van der Waals surface area contributed by atoms with Crippen molar-refractivity contribution in [2.45, 2.75) is 50.7 Å². The minimum Gasteiger partial charge on any atom is -0.460 e. The summed E-state index contributed by atoms with van der Waals surface area (Å²) in [6, 6.07) is 0.591. The molecule has 5 nitrogen and oxygen atoms in total. The second-order valence-electron chi connectivity index (χ2n) is 5.14. The minimum absolute atomic E-state index is 0.0843. The van der Waals surface area contributed by atoms with Crippen molar-refractivity contribution >= 4 is 29.1 Å². The Morgan fingerprint density at radius 3 is 2.57 bits per heavy atom. The largest absolute Gasteiger partial charge is 0.460 e. The molecule has 1 aromatic rings. The zero-order chi connectivity index (χ0) is 15.1. The first-order valence-corrected chi connectivity index (χ1v) is 8.08. The van der Waals surface area contributed by atoms with Crippen molar-refractivity contribution in [1.29, 1.82) is 0 Å². The van der Waals surface area contributed by atoms with Gasteiger partial charge in [0.15, 0.2) is 0 Å². The molecular weight excluding hydrogens is 313 g/mol. The SMILES string of the molecule is O=C(CCCCl)NC1CCC(Oc2ncc(Cl)cn2)CC1. The molecule has 0 radical (unpaired) electrons. The molecule has 1 saturated carbocycles. The van der Waals surface area contributed by atoms with Gasteiger partial charge in [-0.05, 0) is 32.1 Å². The molecule has 1 amide bonds. The Kier molecular flexibility index (Phi) is 6.51. The number of carbonyl (C=O) groups excluding carboxylic acids is 1. The Bertz CT molecular complexity index is 448. The average molecular weight is 332 g/mol. The van der Waals surface area contributed by atoms with Crippen LogP contribution in [0.3, 0.4) is 0 Å². The standard InChI is InChI=1S/C14H19Cl2N3O2/c15-7-1-2-13(20)19-11-3-5-12(6-4-11)21-14-17-8-10(16)9-18-14/h8-9,11-12H,1-7H2,(H,19,20). The summed E-state index contributed by atoms with van der Waals surface area (Å²) in [4.78, 5) is 19.7. The molecule has 116 valence electrons. The number of rotatable bonds is 6. The van der Waals surface area contributed by atoms with Crippen LogP contribution < -0.4 is 10.1 Å². The first-order valence-electron chi connectivity index (χ1n) is 7.17. The van der Waals surface area contributed by atoms with E-state index in [-0.39, 0.29) is 18.1 Å². The van der Waals surface area contributed by atoms with Crippen molar-refractivity contribution < 1.29 is 9.53 Å². The summed E-state index contributed by atoms with van der Waals surface area (Å²) in [6.45, 7) is 0. The highest BCUT2D eigenvalue weighted by atomic mass is 35.5. The molecule has 1 N–H and O–H groups in total. The second kappa shape index (κ2) is 8.39. The molecule has 1 aromatic heterocycles. The molecule has 7 heteroatoms. The first-order chi connectivity index (χ1) is 10.2. The fourth-order valence-electron chi connectivity index (χ4n) is 2.36. The third-order valence-corrected chi connectivity index (χ3v) is 3.91. The van der Waals surface area contributed by atoms with Crippen molar-refractivity contribution in [1.82, 2.24) is 15.3 Å². The van der Waals surface area contributed by atoms with Crippen LogP contribution in [0.2, 0.25) is 5.02 Å². The summed E-state index contributed by atoms with van der Waals surface area (Å²) >= 11 is 11.3. The molecule has 2 rings (SSSR count). The Labute approximate surface area is 134 Å². The van der Waals surface area contributed by atoms with Gasteiger partial charge >= 0.3 is 6.01 Å². The number of aromatic nitrogens is 2. The van der Waals surface area contributed by atoms with Crippen molar-refractivity contribution in [2.75, 3.05) is 5.88 Å². The third kappa shape index (κ3) is 5.67. The smallest absolute Gasteiger partial charge is 0.316 e. The van der Waals surface area contributed by atoms with Crippen LogP contribution in [-0.4, -0.2) is 33.9 Å². The van der Waals surface area contributed by atoms with E-state index < -0.39 is 0 Å². The lowest BCUT2D eigenvalue weighted by Gasteiger charge is -2.28. The van der Waals surface area contributed by atoms with Gasteiger partial charge in [-0.1, -0.05) is 11.6 Å². The van der Waals surface area contributed by atoms with E-state index in [1.54, 1.807) is 0 Å². The van der Waals surface area contributed by atoms with Gasteiger partial charge in [-0.3, -0.25) is 4.79 Å². The molecule has 0 spiro atoms. The van der Waals surface area contributed by atoms with Gasteiger partial charge in [-0.2, -0.15) is 0 Å². The summed E-state index contributed by atoms with van der Waals surface area (Å²) in [6.07, 6.45) is 7.94. The van der Waals surface area contributed by atoms with Crippen LogP contribution in [0, 0.1) is 0 Å². The highest BCUT2D eigenvalue weighted by Crippen LogP contribution is 2.22. The lowest BCUT2D eigenvalue weighted by molar-refractivity contribution is -0.122. The molecule has 0 atom stereocenters. The van der Waals surface area contributed by atoms with Gasteiger partial charge in [0.2, 0.25) is 5.91 Å². The molecule has 1 heterocycles. The number of amides is 1. The number of nitrogens with zero attached hydrogens (tertiary/aromatic N) is 2. The van der Waals surface area contributed by atoms with Crippen molar-refractivity contribution in [3.05, 3.63) is 17.4 Å². The zero-order valence-electron chi connectivity index (χ0n) is 11.7. The van der Waals surface area contributed by atoms with Crippen LogP contribution in [-0.2, 0) is 4.79 Å². The topological polar surface area (TPSA) is 64.1 Å². The van der Waals surface area contributed by atoms with Gasteiger partial charge in [-0.25, -0.2) is 9.97 Å². The van der Waals surface area contributed by atoms with E-state index in [4.69, 9.17) is 27.9 Å². The number of ether oxygens (including phenoxy) is 1. The molecule has 1 aliphatic carbocycles. The second-order valence-corrected chi connectivity index (χ2v) is 5.95. The van der Waals surface area contributed by atoms with Crippen LogP contribution in [0.4, 0.5) is 0 Å². The number of nitrogens with one attached hydrogen (secondary N) is 1. The number of hydrogen-bond donors (Lipinski definition) is 1. The molecule has 21 heavy (non-hydrogen) atoms. The van der Waals surface area contributed by atoms with Crippen molar-refractivity contribution in [2.24, 2.45) is 0 Å². The minimum atomic E-state index is 0.0843. The van der Waals surface area contributed by atoms with Crippen molar-refractivity contribution in [3.8, 4) is 6.01 Å². The normalized spacial score (nSPS) is 21.8. The van der Waals surface area contributed by atoms with Crippen LogP contribution in [0.5, 0.6) is 6.01 Å². The van der Waals surface area contributed by atoms with Crippen LogP contribution in [0.1, 0.15) is 38.5 Å². The fourth-order valence-corrected chi connectivity index (χ4v) is 2.59. The Morgan fingerprint density at radius 1 is 1.29 bits per heavy atom. The van der Waals surface area contributed by atoms with E-state index in [9.17, 15) is 4.79 Å². The first kappa shape index (κ1) is 16.3. The predicted molar refractivity (Wildman–Crippen MR) is 81.8 cm³/mol. The monoisotopic (exact) mass is 331 g/mol. The molecular formula is C14H19Cl2N3O2. The molecule has 0 aliphatic heterocycles. The molecule has 0 aromatic carbocycles. The third-order valence-electron chi connectivity index (χ3n) is 3.45. The molecule has 0 bridgehead atoms. The van der Waals surface area contributed by atoms with Gasteiger partial charge in [0.25, 0.3) is 0 Å². The van der Waals surface area contributed by atoms with Gasteiger partial charge in [0.05, 0.1) is 17.4 Å². The maximum atomic E-state index is 11.6. The highest BCUT2D eigenvalue weighted by Gasteiger charge is 2.24. The van der Waals surface area contributed by atoms with E-state index in [1.807, 2.05) is 0 Å². The summed E-state index contributed by atoms with van der Waals surface area (Å²) in [7, 11) is 0. The van der Waals surface area contributed by atoms with Crippen molar-refractivity contribution in [3.63, 3.8) is 0 Å². The number of alkyl halides is 1. The molecule has 1 aliphatic rings. The molecule has 0 saturated heterocycles. The van der Waals surface area contributed by atoms with Gasteiger partial charge < -0.3 is 10.1 Å². The molecule has 1 fully saturated rings.